The van der Waals surface area contributed by atoms with E-state index in [2.05, 4.69) is 56.9 Å². The van der Waals surface area contributed by atoms with Crippen LogP contribution in [0.3, 0.4) is 0 Å². The van der Waals surface area contributed by atoms with Gasteiger partial charge in [0.15, 0.2) is 5.96 Å². The molecule has 0 amide bonds. The first-order chi connectivity index (χ1) is 12.7. The average molecular weight is 380 g/mol. The Morgan fingerprint density at radius 3 is 2.69 bits per heavy atom. The van der Waals surface area contributed by atoms with Crippen molar-refractivity contribution in [3.8, 4) is 0 Å². The second kappa shape index (κ2) is 9.69. The van der Waals surface area contributed by atoms with Crippen LogP contribution in [0, 0.1) is 0 Å². The predicted octanol–water partition coefficient (Wildman–Crippen LogP) is 1.77. The highest BCUT2D eigenvalue weighted by Crippen LogP contribution is 2.27. The molecule has 2 heterocycles. The molecule has 1 aliphatic heterocycles. The smallest absolute Gasteiger partial charge is 0.191 e. The molecule has 0 spiro atoms. The van der Waals surface area contributed by atoms with Gasteiger partial charge >= 0.3 is 0 Å². The van der Waals surface area contributed by atoms with Gasteiger partial charge in [0.05, 0.1) is 19.3 Å². The van der Waals surface area contributed by atoms with Gasteiger partial charge in [-0.05, 0) is 38.3 Å². The molecule has 2 unspecified atom stereocenters. The Kier molecular flexibility index (Phi) is 7.31. The van der Waals surface area contributed by atoms with Crippen molar-refractivity contribution in [1.82, 2.24) is 20.4 Å². The maximum absolute atomic E-state index is 5.53. The zero-order valence-corrected chi connectivity index (χ0v) is 17.1. The van der Waals surface area contributed by atoms with E-state index in [-0.39, 0.29) is 0 Å². The number of likely N-dealkylation sites (N-methyl/N-ethyl adjacent to an activating group) is 1. The molecule has 0 aromatic carbocycles. The molecule has 0 radical (unpaired) electrons. The molecule has 146 valence electrons. The van der Waals surface area contributed by atoms with E-state index in [1.165, 1.54) is 17.7 Å². The molecule has 2 atom stereocenters. The van der Waals surface area contributed by atoms with Crippen LogP contribution in [0.25, 0.3) is 0 Å². The van der Waals surface area contributed by atoms with Crippen molar-refractivity contribution >= 4 is 17.3 Å². The van der Waals surface area contributed by atoms with Gasteiger partial charge in [0.25, 0.3) is 0 Å². The first kappa shape index (κ1) is 19.6. The van der Waals surface area contributed by atoms with Gasteiger partial charge in [-0.2, -0.15) is 0 Å². The van der Waals surface area contributed by atoms with E-state index in [1.54, 1.807) is 0 Å². The zero-order chi connectivity index (χ0) is 18.4. The zero-order valence-electron chi connectivity index (χ0n) is 16.3. The molecule has 2 fully saturated rings. The van der Waals surface area contributed by atoms with Crippen LogP contribution in [0.15, 0.2) is 22.5 Å². The normalized spacial score (nSPS) is 21.6. The highest BCUT2D eigenvalue weighted by atomic mass is 32.1. The standard InChI is InChI=1S/C19H33N5OS/c1-15(23(3)16-6-7-16)13-21-19(20-2)22-14-17(18-5-4-12-26-18)24-8-10-25-11-9-24/h4-5,12,15-17H,6-11,13-14H2,1-3H3,(H2,20,21,22). The van der Waals surface area contributed by atoms with E-state index in [4.69, 9.17) is 4.74 Å². The van der Waals surface area contributed by atoms with Gasteiger partial charge in [-0.15, -0.1) is 11.3 Å². The minimum Gasteiger partial charge on any atom is -0.379 e. The maximum atomic E-state index is 5.53. The quantitative estimate of drug-likeness (QED) is 0.533. The largest absolute Gasteiger partial charge is 0.379 e. The lowest BCUT2D eigenvalue weighted by Gasteiger charge is -2.34. The highest BCUT2D eigenvalue weighted by molar-refractivity contribution is 7.10. The van der Waals surface area contributed by atoms with E-state index < -0.39 is 0 Å². The molecule has 0 bridgehead atoms. The summed E-state index contributed by atoms with van der Waals surface area (Å²) in [5.41, 5.74) is 0. The van der Waals surface area contributed by atoms with Crippen LogP contribution < -0.4 is 10.6 Å². The Hall–Kier alpha value is -1.15. The summed E-state index contributed by atoms with van der Waals surface area (Å²) in [7, 11) is 4.07. The number of rotatable bonds is 8. The van der Waals surface area contributed by atoms with Crippen LogP contribution in [0.2, 0.25) is 0 Å². The van der Waals surface area contributed by atoms with Crippen LogP contribution in [0.1, 0.15) is 30.7 Å². The number of aliphatic imine (C=N–C) groups is 1. The van der Waals surface area contributed by atoms with Crippen LogP contribution in [-0.4, -0.2) is 81.3 Å². The van der Waals surface area contributed by atoms with E-state index in [0.717, 1.165) is 51.4 Å². The van der Waals surface area contributed by atoms with E-state index in [0.29, 0.717) is 12.1 Å². The lowest BCUT2D eigenvalue weighted by Crippen LogP contribution is -2.48. The topological polar surface area (TPSA) is 52.1 Å². The number of hydrogen-bond donors (Lipinski definition) is 2. The second-order valence-corrected chi connectivity index (χ2v) is 8.24. The Labute approximate surface area is 161 Å². The molecule has 3 rings (SSSR count). The first-order valence-corrected chi connectivity index (χ1v) is 10.6. The molecular weight excluding hydrogens is 346 g/mol. The van der Waals surface area contributed by atoms with Crippen molar-refractivity contribution in [3.63, 3.8) is 0 Å². The molecule has 1 aromatic rings. The Balaban J connectivity index is 1.51. The minimum absolute atomic E-state index is 0.365. The summed E-state index contributed by atoms with van der Waals surface area (Å²) in [6.07, 6.45) is 2.69. The van der Waals surface area contributed by atoms with Gasteiger partial charge in [-0.3, -0.25) is 14.8 Å². The summed E-state index contributed by atoms with van der Waals surface area (Å²) in [4.78, 5) is 10.8. The van der Waals surface area contributed by atoms with E-state index in [1.807, 2.05) is 18.4 Å². The number of morpholine rings is 1. The summed E-state index contributed by atoms with van der Waals surface area (Å²) < 4.78 is 5.53. The first-order valence-electron chi connectivity index (χ1n) is 9.70. The fourth-order valence-corrected chi connectivity index (χ4v) is 4.28. The summed E-state index contributed by atoms with van der Waals surface area (Å²) in [5.74, 6) is 0.885. The molecule has 7 heteroatoms. The van der Waals surface area contributed by atoms with Gasteiger partial charge in [-0.1, -0.05) is 6.07 Å². The number of nitrogens with one attached hydrogen (secondary N) is 2. The molecule has 1 saturated heterocycles. The SMILES string of the molecule is CN=C(NCC(c1cccs1)N1CCOCC1)NCC(C)N(C)C1CC1. The predicted molar refractivity (Wildman–Crippen MR) is 109 cm³/mol. The summed E-state index contributed by atoms with van der Waals surface area (Å²) in [6, 6.07) is 6.02. The fraction of sp³-hybridized carbons (Fsp3) is 0.737. The summed E-state index contributed by atoms with van der Waals surface area (Å²) in [5, 5.41) is 9.19. The average Bonchev–Trinajstić information content (AvgIpc) is 3.39. The molecular formula is C19H33N5OS. The van der Waals surface area contributed by atoms with Crippen molar-refractivity contribution in [2.45, 2.75) is 37.9 Å². The van der Waals surface area contributed by atoms with Crippen molar-refractivity contribution < 1.29 is 4.74 Å². The van der Waals surface area contributed by atoms with Crippen molar-refractivity contribution in [2.75, 3.05) is 53.5 Å². The highest BCUT2D eigenvalue weighted by Gasteiger charge is 2.29. The van der Waals surface area contributed by atoms with Gasteiger partial charge in [-0.25, -0.2) is 0 Å². The van der Waals surface area contributed by atoms with Crippen LogP contribution in [0.4, 0.5) is 0 Å². The third-order valence-electron chi connectivity index (χ3n) is 5.43. The van der Waals surface area contributed by atoms with Gasteiger partial charge < -0.3 is 15.4 Å². The maximum Gasteiger partial charge on any atom is 0.191 e. The molecule has 1 aliphatic carbocycles. The minimum atomic E-state index is 0.365. The Morgan fingerprint density at radius 2 is 2.08 bits per heavy atom. The third kappa shape index (κ3) is 5.42. The van der Waals surface area contributed by atoms with Crippen LogP contribution >= 0.6 is 11.3 Å². The van der Waals surface area contributed by atoms with Gasteiger partial charge in [0.2, 0.25) is 0 Å². The summed E-state index contributed by atoms with van der Waals surface area (Å²) in [6.45, 7) is 7.65. The van der Waals surface area contributed by atoms with Crippen LogP contribution in [0.5, 0.6) is 0 Å². The van der Waals surface area contributed by atoms with Crippen LogP contribution in [-0.2, 0) is 4.74 Å². The van der Waals surface area contributed by atoms with Crippen molar-refractivity contribution in [1.29, 1.82) is 0 Å². The molecule has 2 aliphatic rings. The van der Waals surface area contributed by atoms with E-state index >= 15 is 0 Å². The fourth-order valence-electron chi connectivity index (χ4n) is 3.42. The monoisotopic (exact) mass is 379 g/mol. The van der Waals surface area contributed by atoms with Crippen molar-refractivity contribution in [3.05, 3.63) is 22.4 Å². The Bertz CT molecular complexity index is 554. The third-order valence-corrected chi connectivity index (χ3v) is 6.40. The van der Waals surface area contributed by atoms with Crippen molar-refractivity contribution in [2.24, 2.45) is 4.99 Å². The molecule has 1 saturated carbocycles. The molecule has 2 N–H and O–H groups in total. The van der Waals surface area contributed by atoms with E-state index in [9.17, 15) is 0 Å². The number of hydrogen-bond acceptors (Lipinski definition) is 5. The number of nitrogens with zero attached hydrogens (tertiary/aromatic N) is 3. The van der Waals surface area contributed by atoms with Gasteiger partial charge in [0.1, 0.15) is 0 Å². The van der Waals surface area contributed by atoms with Gasteiger partial charge in [0, 0.05) is 50.2 Å². The molecule has 26 heavy (non-hydrogen) atoms. The lowest BCUT2D eigenvalue weighted by molar-refractivity contribution is 0.0177. The number of thiophene rings is 1. The molecule has 1 aromatic heterocycles. The second-order valence-electron chi connectivity index (χ2n) is 7.26. The molecule has 6 nitrogen and oxygen atoms in total. The summed E-state index contributed by atoms with van der Waals surface area (Å²) >= 11 is 1.83. The lowest BCUT2D eigenvalue weighted by atomic mass is 10.2. The number of guanidine groups is 1. The Morgan fingerprint density at radius 1 is 1.35 bits per heavy atom. The number of ether oxygens (including phenoxy) is 1.